The van der Waals surface area contributed by atoms with Crippen LogP contribution < -0.4 is 5.32 Å². The van der Waals surface area contributed by atoms with Crippen molar-refractivity contribution in [3.05, 3.63) is 65.0 Å². The summed E-state index contributed by atoms with van der Waals surface area (Å²) in [6, 6.07) is 10.8. The summed E-state index contributed by atoms with van der Waals surface area (Å²) in [5.41, 5.74) is 1.12. The zero-order chi connectivity index (χ0) is 19.4. The number of rotatable bonds is 5. The number of halogens is 1. The van der Waals surface area contributed by atoms with E-state index in [1.165, 1.54) is 28.6 Å². The molecule has 8 heteroatoms. The Kier molecular flexibility index (Phi) is 5.88. The van der Waals surface area contributed by atoms with E-state index in [9.17, 15) is 17.6 Å². The van der Waals surface area contributed by atoms with Gasteiger partial charge < -0.3 is 10.1 Å². The quantitative estimate of drug-likeness (QED) is 0.845. The number of carbonyl (C=O) groups excluding carboxylic acids is 1. The van der Waals surface area contributed by atoms with E-state index >= 15 is 0 Å². The molecular weight excluding hydrogens is 371 g/mol. The lowest BCUT2D eigenvalue weighted by atomic mass is 10.1. The lowest BCUT2D eigenvalue weighted by molar-refractivity contribution is 0.0730. The van der Waals surface area contributed by atoms with Crippen molar-refractivity contribution in [2.75, 3.05) is 26.3 Å². The van der Waals surface area contributed by atoms with E-state index in [1.807, 2.05) is 0 Å². The van der Waals surface area contributed by atoms with Gasteiger partial charge in [-0.3, -0.25) is 4.79 Å². The average Bonchev–Trinajstić information content (AvgIpc) is 2.69. The molecule has 0 aromatic heterocycles. The van der Waals surface area contributed by atoms with Gasteiger partial charge in [0.2, 0.25) is 10.0 Å². The van der Waals surface area contributed by atoms with Crippen molar-refractivity contribution in [3.8, 4) is 0 Å². The van der Waals surface area contributed by atoms with Gasteiger partial charge in [0.1, 0.15) is 5.82 Å². The van der Waals surface area contributed by atoms with E-state index in [4.69, 9.17) is 4.74 Å². The Morgan fingerprint density at radius 3 is 2.59 bits per heavy atom. The maximum absolute atomic E-state index is 13.7. The van der Waals surface area contributed by atoms with Crippen LogP contribution in [-0.4, -0.2) is 44.9 Å². The topological polar surface area (TPSA) is 75.7 Å². The molecule has 0 atom stereocenters. The van der Waals surface area contributed by atoms with Crippen LogP contribution in [0.2, 0.25) is 0 Å². The SMILES string of the molecule is Cc1ccc(C(=O)NCc2ccccc2S(=O)(=O)N2CCOCC2)cc1F. The first-order chi connectivity index (χ1) is 12.9. The number of morpholine rings is 1. The molecule has 2 aromatic carbocycles. The molecule has 1 heterocycles. The first-order valence-electron chi connectivity index (χ1n) is 8.60. The number of carbonyl (C=O) groups is 1. The molecule has 2 aromatic rings. The van der Waals surface area contributed by atoms with Gasteiger partial charge in [-0.05, 0) is 36.2 Å². The summed E-state index contributed by atoms with van der Waals surface area (Å²) in [5.74, 6) is -0.926. The van der Waals surface area contributed by atoms with Crippen LogP contribution in [0.3, 0.4) is 0 Å². The monoisotopic (exact) mass is 392 g/mol. The van der Waals surface area contributed by atoms with Gasteiger partial charge in [0.05, 0.1) is 18.1 Å². The first kappa shape index (κ1) is 19.5. The number of sulfonamides is 1. The lowest BCUT2D eigenvalue weighted by Crippen LogP contribution is -2.41. The van der Waals surface area contributed by atoms with Crippen molar-refractivity contribution in [1.82, 2.24) is 9.62 Å². The Bertz CT molecular complexity index is 940. The smallest absolute Gasteiger partial charge is 0.251 e. The zero-order valence-corrected chi connectivity index (χ0v) is 15.8. The number of nitrogens with zero attached hydrogens (tertiary/aromatic N) is 1. The number of aryl methyl sites for hydroxylation is 1. The number of benzene rings is 2. The second-order valence-electron chi connectivity index (χ2n) is 6.27. The van der Waals surface area contributed by atoms with Crippen LogP contribution in [0.5, 0.6) is 0 Å². The van der Waals surface area contributed by atoms with Gasteiger partial charge >= 0.3 is 0 Å². The van der Waals surface area contributed by atoms with Crippen molar-refractivity contribution < 1.29 is 22.3 Å². The predicted molar refractivity (Wildman–Crippen MR) is 98.3 cm³/mol. The van der Waals surface area contributed by atoms with Crippen molar-refractivity contribution in [2.24, 2.45) is 0 Å². The predicted octanol–water partition coefficient (Wildman–Crippen LogP) is 2.09. The highest BCUT2D eigenvalue weighted by molar-refractivity contribution is 7.89. The minimum Gasteiger partial charge on any atom is -0.379 e. The Morgan fingerprint density at radius 1 is 1.19 bits per heavy atom. The van der Waals surface area contributed by atoms with Crippen LogP contribution in [-0.2, 0) is 21.3 Å². The summed E-state index contributed by atoms with van der Waals surface area (Å²) in [6.07, 6.45) is 0. The second-order valence-corrected chi connectivity index (χ2v) is 8.18. The summed E-state index contributed by atoms with van der Waals surface area (Å²) in [6.45, 7) is 2.95. The van der Waals surface area contributed by atoms with Crippen molar-refractivity contribution >= 4 is 15.9 Å². The Balaban J connectivity index is 1.78. The molecule has 1 fully saturated rings. The molecule has 1 aliphatic rings. The van der Waals surface area contributed by atoms with E-state index < -0.39 is 21.7 Å². The van der Waals surface area contributed by atoms with Gasteiger partial charge in [-0.2, -0.15) is 4.31 Å². The molecule has 27 heavy (non-hydrogen) atoms. The summed E-state index contributed by atoms with van der Waals surface area (Å²) in [4.78, 5) is 12.4. The number of hydrogen-bond donors (Lipinski definition) is 1. The molecule has 0 saturated carbocycles. The van der Waals surface area contributed by atoms with Crippen LogP contribution in [0.1, 0.15) is 21.5 Å². The third-order valence-corrected chi connectivity index (χ3v) is 6.43. The van der Waals surface area contributed by atoms with E-state index in [2.05, 4.69) is 5.32 Å². The largest absolute Gasteiger partial charge is 0.379 e. The average molecular weight is 392 g/mol. The molecule has 6 nitrogen and oxygen atoms in total. The highest BCUT2D eigenvalue weighted by atomic mass is 32.2. The first-order valence-corrected chi connectivity index (χ1v) is 10.0. The van der Waals surface area contributed by atoms with Crippen molar-refractivity contribution in [3.63, 3.8) is 0 Å². The van der Waals surface area contributed by atoms with Crippen LogP contribution in [0.25, 0.3) is 0 Å². The molecule has 144 valence electrons. The van der Waals surface area contributed by atoms with E-state index in [-0.39, 0.29) is 17.0 Å². The molecule has 0 bridgehead atoms. The summed E-state index contributed by atoms with van der Waals surface area (Å²) < 4.78 is 46.1. The summed E-state index contributed by atoms with van der Waals surface area (Å²) in [5, 5.41) is 2.66. The fourth-order valence-electron chi connectivity index (χ4n) is 2.84. The van der Waals surface area contributed by atoms with E-state index in [1.54, 1.807) is 25.1 Å². The highest BCUT2D eigenvalue weighted by Gasteiger charge is 2.28. The maximum atomic E-state index is 13.7. The molecular formula is C19H21FN2O4S. The van der Waals surface area contributed by atoms with Gasteiger partial charge in [0.25, 0.3) is 5.91 Å². The molecule has 1 saturated heterocycles. The zero-order valence-electron chi connectivity index (χ0n) is 14.9. The minimum absolute atomic E-state index is 0.0219. The molecule has 3 rings (SSSR count). The second kappa shape index (κ2) is 8.16. The summed E-state index contributed by atoms with van der Waals surface area (Å²) >= 11 is 0. The Hall–Kier alpha value is -2.29. The lowest BCUT2D eigenvalue weighted by Gasteiger charge is -2.27. The van der Waals surface area contributed by atoms with Gasteiger partial charge in [0.15, 0.2) is 0 Å². The van der Waals surface area contributed by atoms with Gasteiger partial charge in [-0.1, -0.05) is 24.3 Å². The van der Waals surface area contributed by atoms with Crippen molar-refractivity contribution in [1.29, 1.82) is 0 Å². The van der Waals surface area contributed by atoms with E-state index in [0.29, 0.717) is 37.4 Å². The van der Waals surface area contributed by atoms with Crippen molar-refractivity contribution in [2.45, 2.75) is 18.4 Å². The molecule has 1 aliphatic heterocycles. The fourth-order valence-corrected chi connectivity index (χ4v) is 4.47. The molecule has 1 amide bonds. The number of ether oxygens (including phenoxy) is 1. The van der Waals surface area contributed by atoms with Crippen LogP contribution in [0.15, 0.2) is 47.4 Å². The number of amides is 1. The Labute approximate surface area is 158 Å². The standard InChI is InChI=1S/C19H21FN2O4S/c1-14-6-7-15(12-17(14)20)19(23)21-13-16-4-2-3-5-18(16)27(24,25)22-8-10-26-11-9-22/h2-7,12H,8-11,13H2,1H3,(H,21,23). The Morgan fingerprint density at radius 2 is 1.89 bits per heavy atom. The highest BCUT2D eigenvalue weighted by Crippen LogP contribution is 2.21. The third kappa shape index (κ3) is 4.35. The third-order valence-electron chi connectivity index (χ3n) is 4.43. The summed E-state index contributed by atoms with van der Waals surface area (Å²) in [7, 11) is -3.68. The minimum atomic E-state index is -3.68. The number of hydrogen-bond acceptors (Lipinski definition) is 4. The van der Waals surface area contributed by atoms with Crippen LogP contribution in [0, 0.1) is 12.7 Å². The molecule has 0 aliphatic carbocycles. The van der Waals surface area contributed by atoms with Crippen LogP contribution in [0.4, 0.5) is 4.39 Å². The molecule has 0 radical (unpaired) electrons. The fraction of sp³-hybridized carbons (Fsp3) is 0.316. The van der Waals surface area contributed by atoms with Crippen LogP contribution >= 0.6 is 0 Å². The molecule has 0 unspecified atom stereocenters. The van der Waals surface area contributed by atoms with Gasteiger partial charge in [-0.15, -0.1) is 0 Å². The van der Waals surface area contributed by atoms with Gasteiger partial charge in [-0.25, -0.2) is 12.8 Å². The van der Waals surface area contributed by atoms with E-state index in [0.717, 1.165) is 0 Å². The number of nitrogens with one attached hydrogen (secondary N) is 1. The maximum Gasteiger partial charge on any atom is 0.251 e. The van der Waals surface area contributed by atoms with Gasteiger partial charge in [0, 0.05) is 25.2 Å². The molecule has 1 N–H and O–H groups in total. The normalized spacial score (nSPS) is 15.5. The molecule has 0 spiro atoms.